The molecule has 2 nitrogen and oxygen atoms in total. The summed E-state index contributed by atoms with van der Waals surface area (Å²) in [4.78, 5) is 0. The van der Waals surface area contributed by atoms with Gasteiger partial charge in [0.2, 0.25) is 0 Å². The molecule has 1 aliphatic rings. The van der Waals surface area contributed by atoms with Crippen LogP contribution in [0.3, 0.4) is 0 Å². The van der Waals surface area contributed by atoms with E-state index in [1.165, 1.54) is 31.4 Å². The van der Waals surface area contributed by atoms with Crippen LogP contribution in [0.15, 0.2) is 12.2 Å². The average Bonchev–Trinajstić information content (AvgIpc) is 2.18. The molecule has 0 spiro atoms. The zero-order chi connectivity index (χ0) is 10.2. The van der Waals surface area contributed by atoms with Crippen molar-refractivity contribution in [3.05, 3.63) is 12.2 Å². The molecule has 0 bridgehead atoms. The van der Waals surface area contributed by atoms with E-state index in [2.05, 4.69) is 11.9 Å². The van der Waals surface area contributed by atoms with E-state index in [4.69, 9.17) is 4.74 Å². The Morgan fingerprint density at radius 2 is 2.29 bits per heavy atom. The predicted octanol–water partition coefficient (Wildman–Crippen LogP) is 2.50. The summed E-state index contributed by atoms with van der Waals surface area (Å²) in [6, 6.07) is 0.702. The van der Waals surface area contributed by atoms with Crippen molar-refractivity contribution in [2.45, 2.75) is 45.1 Å². The Balaban J connectivity index is 1.90. The smallest absolute Gasteiger partial charge is 0.0503 e. The normalized spacial score (nSPS) is 22.2. The maximum Gasteiger partial charge on any atom is 0.0503 e. The third-order valence-electron chi connectivity index (χ3n) is 2.70. The van der Waals surface area contributed by atoms with Crippen molar-refractivity contribution in [1.82, 2.24) is 5.32 Å². The van der Waals surface area contributed by atoms with Crippen LogP contribution in [-0.2, 0) is 4.74 Å². The third-order valence-corrected chi connectivity index (χ3v) is 2.70. The van der Waals surface area contributed by atoms with Crippen molar-refractivity contribution in [2.24, 2.45) is 0 Å². The number of hydrogen-bond acceptors (Lipinski definition) is 2. The summed E-state index contributed by atoms with van der Waals surface area (Å²) in [7, 11) is 0. The molecular weight excluding hydrogens is 174 g/mol. The maximum atomic E-state index is 5.55. The van der Waals surface area contributed by atoms with Gasteiger partial charge in [0, 0.05) is 12.6 Å². The van der Waals surface area contributed by atoms with Gasteiger partial charge in [0.15, 0.2) is 0 Å². The fraction of sp³-hybridized carbons (Fsp3) is 0.833. The average molecular weight is 197 g/mol. The zero-order valence-corrected chi connectivity index (χ0v) is 9.35. The van der Waals surface area contributed by atoms with Gasteiger partial charge in [-0.25, -0.2) is 0 Å². The highest BCUT2D eigenvalue weighted by molar-refractivity contribution is 4.87. The fourth-order valence-electron chi connectivity index (χ4n) is 1.74. The third kappa shape index (κ3) is 5.40. The molecule has 1 unspecified atom stereocenters. The van der Waals surface area contributed by atoms with Crippen LogP contribution in [0.5, 0.6) is 0 Å². The van der Waals surface area contributed by atoms with Gasteiger partial charge < -0.3 is 10.1 Å². The minimum Gasteiger partial charge on any atom is -0.381 e. The molecule has 0 saturated carbocycles. The molecule has 0 aromatic heterocycles. The van der Waals surface area contributed by atoms with E-state index < -0.39 is 0 Å². The van der Waals surface area contributed by atoms with Crippen molar-refractivity contribution in [2.75, 3.05) is 19.8 Å². The largest absolute Gasteiger partial charge is 0.381 e. The standard InChI is InChI=1S/C12H23NO/c1-11(2)6-9-14-10-7-12-5-3-4-8-13-12/h12-13H,1,3-10H2,2H3. The van der Waals surface area contributed by atoms with Crippen molar-refractivity contribution in [1.29, 1.82) is 0 Å². The summed E-state index contributed by atoms with van der Waals surface area (Å²) in [6.07, 6.45) is 6.20. The molecule has 1 N–H and O–H groups in total. The first-order valence-electron chi connectivity index (χ1n) is 5.74. The van der Waals surface area contributed by atoms with Gasteiger partial charge in [0.1, 0.15) is 0 Å². The van der Waals surface area contributed by atoms with Gasteiger partial charge in [-0.15, -0.1) is 6.58 Å². The van der Waals surface area contributed by atoms with Gasteiger partial charge in [-0.3, -0.25) is 0 Å². The molecule has 14 heavy (non-hydrogen) atoms. The van der Waals surface area contributed by atoms with Gasteiger partial charge in [0.25, 0.3) is 0 Å². The van der Waals surface area contributed by atoms with E-state index in [0.717, 1.165) is 26.1 Å². The van der Waals surface area contributed by atoms with Crippen molar-refractivity contribution in [3.8, 4) is 0 Å². The molecule has 1 rings (SSSR count). The van der Waals surface area contributed by atoms with Crippen molar-refractivity contribution in [3.63, 3.8) is 0 Å². The maximum absolute atomic E-state index is 5.55. The first kappa shape index (κ1) is 11.7. The summed E-state index contributed by atoms with van der Waals surface area (Å²) in [5.74, 6) is 0. The molecular formula is C12H23NO. The lowest BCUT2D eigenvalue weighted by Gasteiger charge is -2.23. The molecule has 1 heterocycles. The minimum atomic E-state index is 0.702. The summed E-state index contributed by atoms with van der Waals surface area (Å²) in [5.41, 5.74) is 1.21. The monoisotopic (exact) mass is 197 g/mol. The van der Waals surface area contributed by atoms with Crippen LogP contribution in [0.25, 0.3) is 0 Å². The summed E-state index contributed by atoms with van der Waals surface area (Å²) in [6.45, 7) is 8.82. The van der Waals surface area contributed by atoms with E-state index in [9.17, 15) is 0 Å². The van der Waals surface area contributed by atoms with Crippen LogP contribution >= 0.6 is 0 Å². The Kier molecular flexibility index (Phi) is 5.88. The molecule has 1 saturated heterocycles. The van der Waals surface area contributed by atoms with Gasteiger partial charge in [0.05, 0.1) is 6.61 Å². The highest BCUT2D eigenvalue weighted by Crippen LogP contribution is 2.09. The lowest BCUT2D eigenvalue weighted by molar-refractivity contribution is 0.123. The SMILES string of the molecule is C=C(C)CCOCCC1CCCCN1. The second kappa shape index (κ2) is 7.02. The van der Waals surface area contributed by atoms with E-state index in [1.54, 1.807) is 0 Å². The topological polar surface area (TPSA) is 21.3 Å². The van der Waals surface area contributed by atoms with Crippen LogP contribution < -0.4 is 5.32 Å². The summed E-state index contributed by atoms with van der Waals surface area (Å²) < 4.78 is 5.55. The second-order valence-electron chi connectivity index (χ2n) is 4.25. The number of rotatable bonds is 6. The lowest BCUT2D eigenvalue weighted by atomic mass is 10.0. The highest BCUT2D eigenvalue weighted by atomic mass is 16.5. The van der Waals surface area contributed by atoms with Crippen LogP contribution in [0.2, 0.25) is 0 Å². The Labute approximate surface area is 87.7 Å². The van der Waals surface area contributed by atoms with E-state index >= 15 is 0 Å². The quantitative estimate of drug-likeness (QED) is 0.522. The van der Waals surface area contributed by atoms with Crippen LogP contribution in [0.1, 0.15) is 39.0 Å². The molecule has 1 fully saturated rings. The molecule has 0 aromatic carbocycles. The van der Waals surface area contributed by atoms with E-state index in [0.29, 0.717) is 6.04 Å². The highest BCUT2D eigenvalue weighted by Gasteiger charge is 2.11. The van der Waals surface area contributed by atoms with Gasteiger partial charge in [-0.2, -0.15) is 0 Å². The Morgan fingerprint density at radius 3 is 2.93 bits per heavy atom. The Morgan fingerprint density at radius 1 is 1.43 bits per heavy atom. The van der Waals surface area contributed by atoms with Crippen LogP contribution in [0.4, 0.5) is 0 Å². The molecule has 2 heteroatoms. The number of ether oxygens (including phenoxy) is 1. The van der Waals surface area contributed by atoms with E-state index in [-0.39, 0.29) is 0 Å². The lowest BCUT2D eigenvalue weighted by Crippen LogP contribution is -2.34. The fourth-order valence-corrected chi connectivity index (χ4v) is 1.74. The molecule has 0 radical (unpaired) electrons. The Hall–Kier alpha value is -0.340. The van der Waals surface area contributed by atoms with Crippen LogP contribution in [-0.4, -0.2) is 25.8 Å². The molecule has 82 valence electrons. The number of piperidine rings is 1. The Bertz CT molecular complexity index is 162. The number of nitrogens with one attached hydrogen (secondary N) is 1. The van der Waals surface area contributed by atoms with E-state index in [1.807, 2.05) is 6.92 Å². The molecule has 0 aliphatic carbocycles. The first-order valence-corrected chi connectivity index (χ1v) is 5.74. The van der Waals surface area contributed by atoms with Crippen molar-refractivity contribution >= 4 is 0 Å². The molecule has 1 aliphatic heterocycles. The van der Waals surface area contributed by atoms with Crippen molar-refractivity contribution < 1.29 is 4.74 Å². The summed E-state index contributed by atoms with van der Waals surface area (Å²) in [5, 5.41) is 3.52. The molecule has 0 aromatic rings. The van der Waals surface area contributed by atoms with Gasteiger partial charge in [-0.1, -0.05) is 12.0 Å². The minimum absolute atomic E-state index is 0.702. The van der Waals surface area contributed by atoms with Crippen LogP contribution in [0, 0.1) is 0 Å². The zero-order valence-electron chi connectivity index (χ0n) is 9.35. The van der Waals surface area contributed by atoms with Gasteiger partial charge in [-0.05, 0) is 39.2 Å². The first-order chi connectivity index (χ1) is 6.79. The second-order valence-corrected chi connectivity index (χ2v) is 4.25. The van der Waals surface area contributed by atoms with Gasteiger partial charge >= 0.3 is 0 Å². The predicted molar refractivity (Wildman–Crippen MR) is 60.5 cm³/mol. The molecule has 1 atom stereocenters. The molecule has 0 amide bonds. The number of hydrogen-bond donors (Lipinski definition) is 1. The summed E-state index contributed by atoms with van der Waals surface area (Å²) >= 11 is 0.